The number of urea groups is 1. The molecule has 0 aliphatic carbocycles. The maximum atomic E-state index is 10.3. The topological polar surface area (TPSA) is 80.0 Å². The Morgan fingerprint density at radius 3 is 3.07 bits per heavy atom. The molecule has 14 heavy (non-hydrogen) atoms. The zero-order chi connectivity index (χ0) is 10.4. The number of amides is 2. The molecule has 2 amide bonds. The van der Waals surface area contributed by atoms with E-state index in [1.807, 2.05) is 6.20 Å². The first kappa shape index (κ1) is 10.9. The van der Waals surface area contributed by atoms with Gasteiger partial charge in [-0.3, -0.25) is 4.98 Å². The van der Waals surface area contributed by atoms with E-state index < -0.39 is 6.03 Å². The van der Waals surface area contributed by atoms with Gasteiger partial charge in [-0.05, 0) is 6.92 Å². The van der Waals surface area contributed by atoms with Gasteiger partial charge in [0.05, 0.1) is 5.51 Å². The summed E-state index contributed by atoms with van der Waals surface area (Å²) >= 11 is 1.61. The number of hydrogen-bond acceptors (Lipinski definition) is 4. The van der Waals surface area contributed by atoms with Crippen molar-refractivity contribution < 1.29 is 4.79 Å². The predicted octanol–water partition coefficient (Wildman–Crippen LogP) is 0.462. The van der Waals surface area contributed by atoms with Crippen molar-refractivity contribution in [2.75, 3.05) is 13.1 Å². The van der Waals surface area contributed by atoms with Crippen LogP contribution in [0.5, 0.6) is 0 Å². The van der Waals surface area contributed by atoms with Crippen LogP contribution in [-0.4, -0.2) is 24.1 Å². The monoisotopic (exact) mass is 214 g/mol. The first-order chi connectivity index (χ1) is 6.70. The molecular formula is C8H14N4OS. The lowest BCUT2D eigenvalue weighted by atomic mass is 10.3. The lowest BCUT2D eigenvalue weighted by Gasteiger charge is -2.11. The number of carbonyl (C=O) groups excluding carboxylic acids is 1. The van der Waals surface area contributed by atoms with E-state index in [9.17, 15) is 4.79 Å². The van der Waals surface area contributed by atoms with Crippen LogP contribution in [0.15, 0.2) is 11.7 Å². The standard InChI is InChI=1S/C8H14N4OS/c1-6(7-4-10-5-14-7)11-2-3-12-8(9)13/h4-6,11H,2-3H2,1H3,(H3,9,12,13). The zero-order valence-electron chi connectivity index (χ0n) is 7.99. The van der Waals surface area contributed by atoms with Crippen LogP contribution in [0.25, 0.3) is 0 Å². The number of nitrogens with one attached hydrogen (secondary N) is 2. The van der Waals surface area contributed by atoms with Gasteiger partial charge in [-0.25, -0.2) is 4.79 Å². The van der Waals surface area contributed by atoms with Crippen molar-refractivity contribution >= 4 is 17.4 Å². The first-order valence-corrected chi connectivity index (χ1v) is 5.23. The quantitative estimate of drug-likeness (QED) is 0.623. The number of primary amides is 1. The molecule has 0 saturated heterocycles. The molecule has 0 bridgehead atoms. The molecule has 0 aliphatic rings. The summed E-state index contributed by atoms with van der Waals surface area (Å²) in [6.45, 7) is 3.29. The summed E-state index contributed by atoms with van der Waals surface area (Å²) in [7, 11) is 0. The molecule has 0 saturated carbocycles. The minimum Gasteiger partial charge on any atom is -0.352 e. The molecule has 1 unspecified atom stereocenters. The third kappa shape index (κ3) is 3.71. The van der Waals surface area contributed by atoms with Crippen molar-refractivity contribution in [3.63, 3.8) is 0 Å². The number of nitrogens with two attached hydrogens (primary N) is 1. The Morgan fingerprint density at radius 2 is 2.50 bits per heavy atom. The maximum absolute atomic E-state index is 10.3. The van der Waals surface area contributed by atoms with Crippen molar-refractivity contribution in [1.29, 1.82) is 0 Å². The van der Waals surface area contributed by atoms with Gasteiger partial charge >= 0.3 is 6.03 Å². The van der Waals surface area contributed by atoms with Crippen LogP contribution in [0, 0.1) is 0 Å². The van der Waals surface area contributed by atoms with Gasteiger partial charge in [-0.15, -0.1) is 11.3 Å². The van der Waals surface area contributed by atoms with Gasteiger partial charge in [0.25, 0.3) is 0 Å². The molecule has 1 aromatic rings. The summed E-state index contributed by atoms with van der Waals surface area (Å²) in [4.78, 5) is 15.5. The Kier molecular flexibility index (Phi) is 4.34. The summed E-state index contributed by atoms with van der Waals surface area (Å²) in [5.74, 6) is 0. The highest BCUT2D eigenvalue weighted by molar-refractivity contribution is 7.09. The minimum absolute atomic E-state index is 0.261. The van der Waals surface area contributed by atoms with Crippen LogP contribution in [0.3, 0.4) is 0 Å². The summed E-state index contributed by atoms with van der Waals surface area (Å²) in [6, 6.07) is -0.227. The number of thiazole rings is 1. The minimum atomic E-state index is -0.489. The van der Waals surface area contributed by atoms with Gasteiger partial charge in [0, 0.05) is 30.2 Å². The number of hydrogen-bond donors (Lipinski definition) is 3. The Labute approximate surface area is 86.7 Å². The Balaban J connectivity index is 2.16. The van der Waals surface area contributed by atoms with Crippen LogP contribution < -0.4 is 16.4 Å². The second kappa shape index (κ2) is 5.56. The molecule has 0 aliphatic heterocycles. The van der Waals surface area contributed by atoms with Gasteiger partial charge in [0.2, 0.25) is 0 Å². The molecular weight excluding hydrogens is 200 g/mol. The Hall–Kier alpha value is -1.14. The molecule has 1 heterocycles. The zero-order valence-corrected chi connectivity index (χ0v) is 8.80. The van der Waals surface area contributed by atoms with E-state index in [0.717, 1.165) is 0 Å². The lowest BCUT2D eigenvalue weighted by molar-refractivity contribution is 0.249. The molecule has 1 aromatic heterocycles. The molecule has 78 valence electrons. The number of carbonyl (C=O) groups is 1. The summed E-state index contributed by atoms with van der Waals surface area (Å²) < 4.78 is 0. The average molecular weight is 214 g/mol. The van der Waals surface area contributed by atoms with Crippen molar-refractivity contribution in [2.45, 2.75) is 13.0 Å². The second-order valence-electron chi connectivity index (χ2n) is 2.87. The normalized spacial score (nSPS) is 12.4. The Bertz CT molecular complexity index is 275. The van der Waals surface area contributed by atoms with E-state index in [0.29, 0.717) is 13.1 Å². The summed E-state index contributed by atoms with van der Waals surface area (Å²) in [6.07, 6.45) is 1.84. The average Bonchev–Trinajstić information content (AvgIpc) is 2.64. The molecule has 1 atom stereocenters. The van der Waals surface area contributed by atoms with Gasteiger partial charge < -0.3 is 16.4 Å². The Morgan fingerprint density at radius 1 is 1.71 bits per heavy atom. The maximum Gasteiger partial charge on any atom is 0.312 e. The van der Waals surface area contributed by atoms with Gasteiger partial charge in [-0.1, -0.05) is 0 Å². The lowest BCUT2D eigenvalue weighted by Crippen LogP contribution is -2.35. The highest BCUT2D eigenvalue weighted by Crippen LogP contribution is 2.15. The van der Waals surface area contributed by atoms with E-state index in [1.165, 1.54) is 4.88 Å². The van der Waals surface area contributed by atoms with Crippen LogP contribution in [-0.2, 0) is 0 Å². The third-order valence-corrected chi connectivity index (χ3v) is 2.71. The fourth-order valence-corrected chi connectivity index (χ4v) is 1.67. The van der Waals surface area contributed by atoms with Crippen LogP contribution in [0.4, 0.5) is 4.79 Å². The van der Waals surface area contributed by atoms with E-state index >= 15 is 0 Å². The van der Waals surface area contributed by atoms with E-state index in [2.05, 4.69) is 22.5 Å². The molecule has 5 nitrogen and oxygen atoms in total. The van der Waals surface area contributed by atoms with E-state index in [1.54, 1.807) is 16.8 Å². The van der Waals surface area contributed by atoms with Crippen molar-refractivity contribution in [3.8, 4) is 0 Å². The van der Waals surface area contributed by atoms with Crippen molar-refractivity contribution in [2.24, 2.45) is 5.73 Å². The van der Waals surface area contributed by atoms with Gasteiger partial charge in [0.15, 0.2) is 0 Å². The molecule has 6 heteroatoms. The SMILES string of the molecule is CC(NCCNC(N)=O)c1cncs1. The number of rotatable bonds is 5. The van der Waals surface area contributed by atoms with Crippen molar-refractivity contribution in [3.05, 3.63) is 16.6 Å². The highest BCUT2D eigenvalue weighted by atomic mass is 32.1. The van der Waals surface area contributed by atoms with Crippen LogP contribution in [0.1, 0.15) is 17.8 Å². The molecule has 0 fully saturated rings. The molecule has 4 N–H and O–H groups in total. The van der Waals surface area contributed by atoms with Crippen molar-refractivity contribution in [1.82, 2.24) is 15.6 Å². The fourth-order valence-electron chi connectivity index (χ4n) is 1.01. The third-order valence-electron chi connectivity index (χ3n) is 1.75. The predicted molar refractivity (Wildman–Crippen MR) is 56.1 cm³/mol. The molecule has 0 spiro atoms. The van der Waals surface area contributed by atoms with Crippen LogP contribution in [0.2, 0.25) is 0 Å². The van der Waals surface area contributed by atoms with Gasteiger partial charge in [-0.2, -0.15) is 0 Å². The first-order valence-electron chi connectivity index (χ1n) is 4.35. The molecule has 1 rings (SSSR count). The van der Waals surface area contributed by atoms with Crippen LogP contribution >= 0.6 is 11.3 Å². The smallest absolute Gasteiger partial charge is 0.312 e. The molecule has 0 aromatic carbocycles. The van der Waals surface area contributed by atoms with Gasteiger partial charge in [0.1, 0.15) is 0 Å². The molecule has 0 radical (unpaired) electrons. The fraction of sp³-hybridized carbons (Fsp3) is 0.500. The second-order valence-corrected chi connectivity index (χ2v) is 3.79. The summed E-state index contributed by atoms with van der Waals surface area (Å²) in [5.41, 5.74) is 6.72. The van der Waals surface area contributed by atoms with E-state index in [-0.39, 0.29) is 6.04 Å². The summed E-state index contributed by atoms with van der Waals surface area (Å²) in [5, 5.41) is 5.75. The largest absolute Gasteiger partial charge is 0.352 e. The number of nitrogens with zero attached hydrogens (tertiary/aromatic N) is 1. The highest BCUT2D eigenvalue weighted by Gasteiger charge is 2.04. The van der Waals surface area contributed by atoms with E-state index in [4.69, 9.17) is 5.73 Å². The number of aromatic nitrogens is 1.